The predicted molar refractivity (Wildman–Crippen MR) is 115 cm³/mol. The number of aliphatic hydroxyl groups is 1. The molecule has 0 saturated heterocycles. The maximum absolute atomic E-state index is 11.9. The van der Waals surface area contributed by atoms with Crippen molar-refractivity contribution in [2.45, 2.75) is 69.6 Å². The summed E-state index contributed by atoms with van der Waals surface area (Å²) in [5.41, 5.74) is 1.03. The smallest absolute Gasteiger partial charge is 0.282 e. The lowest BCUT2D eigenvalue weighted by atomic mass is 9.52. The molecule has 1 saturated carbocycles. The molecule has 0 heterocycles. The van der Waals surface area contributed by atoms with Gasteiger partial charge in [-0.05, 0) is 63.6 Å². The Morgan fingerprint density at radius 3 is 2.79 bits per heavy atom. The van der Waals surface area contributed by atoms with Crippen molar-refractivity contribution in [3.63, 3.8) is 0 Å². The third kappa shape index (κ3) is 2.76. The second-order valence-corrected chi connectivity index (χ2v) is 15.1. The minimum atomic E-state index is -2.59. The van der Waals surface area contributed by atoms with Crippen LogP contribution in [-0.2, 0) is 9.22 Å². The first-order chi connectivity index (χ1) is 13.5. The van der Waals surface area contributed by atoms with Gasteiger partial charge in [0.2, 0.25) is 0 Å². The van der Waals surface area contributed by atoms with Crippen LogP contribution in [0.5, 0.6) is 0 Å². The lowest BCUT2D eigenvalue weighted by Crippen LogP contribution is -2.62. The summed E-state index contributed by atoms with van der Waals surface area (Å²) in [6.07, 6.45) is 13.9. The number of halogens is 1. The van der Waals surface area contributed by atoms with Crippen molar-refractivity contribution < 1.29 is 14.3 Å². The van der Waals surface area contributed by atoms with Gasteiger partial charge in [-0.3, -0.25) is 4.79 Å². The molecule has 0 amide bonds. The zero-order valence-corrected chi connectivity index (χ0v) is 19.4. The zero-order chi connectivity index (χ0) is 21.2. The maximum Gasteiger partial charge on any atom is 0.282 e. The lowest BCUT2D eigenvalue weighted by molar-refractivity contribution is -0.114. The van der Waals surface area contributed by atoms with E-state index >= 15 is 0 Å². The number of nitriles is 1. The first-order valence-electron chi connectivity index (χ1n) is 10.6. The highest BCUT2D eigenvalue weighted by Gasteiger charge is 2.66. The maximum atomic E-state index is 11.9. The Labute approximate surface area is 179 Å². The normalized spacial score (nSPS) is 42.0. The number of nitrogens with zero attached hydrogens (tertiary/aromatic N) is 1. The Bertz CT molecular complexity index is 887. The fraction of sp³-hybridized carbons (Fsp3) is 0.652. The molecule has 0 aliphatic heterocycles. The van der Waals surface area contributed by atoms with E-state index in [-0.39, 0.29) is 16.6 Å². The molecule has 156 valence electrons. The van der Waals surface area contributed by atoms with Crippen LogP contribution in [0.15, 0.2) is 35.5 Å². The Balaban J connectivity index is 1.72. The van der Waals surface area contributed by atoms with Crippen molar-refractivity contribution in [3.8, 4) is 6.26 Å². The monoisotopic (exact) mass is 431 g/mol. The van der Waals surface area contributed by atoms with E-state index in [9.17, 15) is 9.90 Å². The molecule has 29 heavy (non-hydrogen) atoms. The molecule has 4 aliphatic rings. The summed E-state index contributed by atoms with van der Waals surface area (Å²) < 4.78 is 5.38. The summed E-state index contributed by atoms with van der Waals surface area (Å²) in [5.74, 6) is 0.847. The number of carbonyl (C=O) groups excluding carboxylic acids is 1. The molecule has 1 fully saturated rings. The van der Waals surface area contributed by atoms with Crippen LogP contribution in [0.1, 0.15) is 46.0 Å². The van der Waals surface area contributed by atoms with Crippen molar-refractivity contribution >= 4 is 25.7 Å². The molecule has 0 aromatic carbocycles. The molecule has 4 aliphatic carbocycles. The number of ketones is 1. The highest BCUT2D eigenvalue weighted by Crippen LogP contribution is 2.65. The van der Waals surface area contributed by atoms with Gasteiger partial charge < -0.3 is 9.53 Å². The van der Waals surface area contributed by atoms with Gasteiger partial charge in [0.25, 0.3) is 14.6 Å². The number of carbonyl (C=O) groups is 1. The Kier molecular flexibility index (Phi) is 4.74. The molecule has 0 aromatic rings. The summed E-state index contributed by atoms with van der Waals surface area (Å²) in [6.45, 7) is 8.22. The molecule has 6 atom stereocenters. The van der Waals surface area contributed by atoms with E-state index in [0.717, 1.165) is 19.3 Å². The first kappa shape index (κ1) is 20.9. The van der Waals surface area contributed by atoms with E-state index in [1.807, 2.05) is 19.3 Å². The highest BCUT2D eigenvalue weighted by molar-refractivity contribution is 6.80. The van der Waals surface area contributed by atoms with Gasteiger partial charge in [0.1, 0.15) is 0 Å². The number of allylic oxidation sites excluding steroid dienone is 6. The summed E-state index contributed by atoms with van der Waals surface area (Å²) in [4.78, 5) is 11.9. The molecule has 0 aromatic heterocycles. The Hall–Kier alpha value is -1.35. The number of fused-ring (bicyclic) bond motifs is 5. The molecule has 1 N–H and O–H groups in total. The van der Waals surface area contributed by atoms with Gasteiger partial charge in [-0.2, -0.15) is 5.26 Å². The topological polar surface area (TPSA) is 70.3 Å². The minimum absolute atomic E-state index is 0.179. The molecule has 4 nitrogen and oxygen atoms in total. The van der Waals surface area contributed by atoms with Gasteiger partial charge in [-0.1, -0.05) is 36.3 Å². The van der Waals surface area contributed by atoms with Crippen molar-refractivity contribution in [1.82, 2.24) is 0 Å². The van der Waals surface area contributed by atoms with Gasteiger partial charge in [0.15, 0.2) is 5.78 Å². The van der Waals surface area contributed by atoms with Crippen LogP contribution in [0, 0.1) is 34.2 Å². The predicted octanol–water partition coefficient (Wildman–Crippen LogP) is 4.79. The van der Waals surface area contributed by atoms with Crippen molar-refractivity contribution in [1.29, 1.82) is 5.26 Å². The van der Waals surface area contributed by atoms with Gasteiger partial charge in [-0.25, -0.2) is 0 Å². The molecule has 0 bridgehead atoms. The van der Waals surface area contributed by atoms with Crippen LogP contribution in [0.4, 0.5) is 0 Å². The molecule has 2 unspecified atom stereocenters. The standard InChI is InChI=1S/C23H30ClNO3Si/c1-21-10-7-16(26)13-15(21)5-6-17-18(21)8-11-22(2)19(17)9-12-23(22,27)20(24)29(3,4)28-14-25/h5,7-8,10,17,19-20,27H,6,9,11-13H2,1-4H3/t17?,19?,20-,21+,22+,23+/m1/s1. The van der Waals surface area contributed by atoms with Gasteiger partial charge in [-0.15, -0.1) is 11.6 Å². The average molecular weight is 432 g/mol. The van der Waals surface area contributed by atoms with Crippen molar-refractivity contribution in [2.75, 3.05) is 0 Å². The van der Waals surface area contributed by atoms with E-state index in [2.05, 4.69) is 32.1 Å². The van der Waals surface area contributed by atoms with Crippen LogP contribution < -0.4 is 0 Å². The van der Waals surface area contributed by atoms with Crippen LogP contribution >= 0.6 is 11.6 Å². The van der Waals surface area contributed by atoms with E-state index in [0.29, 0.717) is 24.7 Å². The van der Waals surface area contributed by atoms with Gasteiger partial charge >= 0.3 is 0 Å². The van der Waals surface area contributed by atoms with E-state index in [1.165, 1.54) is 11.1 Å². The van der Waals surface area contributed by atoms with Gasteiger partial charge in [0.05, 0.1) is 10.6 Å². The lowest BCUT2D eigenvalue weighted by Gasteiger charge is -2.54. The Morgan fingerprint density at radius 2 is 2.10 bits per heavy atom. The van der Waals surface area contributed by atoms with E-state index in [1.54, 1.807) is 6.08 Å². The SMILES string of the molecule is C[C@]12C=CC(=O)CC1=CCC1C2=CC[C@@]2(C)C1CC[C@]2(O)[C@H](Cl)[Si](C)(C)OC#N. The largest absolute Gasteiger partial charge is 0.481 e. The van der Waals surface area contributed by atoms with Crippen molar-refractivity contribution in [2.24, 2.45) is 22.7 Å². The number of hydrogen-bond donors (Lipinski definition) is 1. The Morgan fingerprint density at radius 1 is 1.38 bits per heavy atom. The van der Waals surface area contributed by atoms with Crippen LogP contribution in [-0.4, -0.2) is 29.8 Å². The summed E-state index contributed by atoms with van der Waals surface area (Å²) in [6, 6.07) is 0. The third-order valence-electron chi connectivity index (χ3n) is 8.47. The van der Waals surface area contributed by atoms with E-state index < -0.39 is 18.9 Å². The van der Waals surface area contributed by atoms with E-state index in [4.69, 9.17) is 21.3 Å². The van der Waals surface area contributed by atoms with Crippen LogP contribution in [0.25, 0.3) is 0 Å². The number of hydrogen-bond acceptors (Lipinski definition) is 4. The summed E-state index contributed by atoms with van der Waals surface area (Å²) >= 11 is 6.89. The van der Waals surface area contributed by atoms with Crippen LogP contribution in [0.3, 0.4) is 0 Å². The molecule has 4 rings (SSSR count). The average Bonchev–Trinajstić information content (AvgIpc) is 2.94. The number of alkyl halides is 1. The van der Waals surface area contributed by atoms with Crippen molar-refractivity contribution in [3.05, 3.63) is 35.5 Å². The van der Waals surface area contributed by atoms with Gasteiger partial charge in [0, 0.05) is 17.3 Å². The number of rotatable bonds is 3. The zero-order valence-electron chi connectivity index (χ0n) is 17.7. The summed E-state index contributed by atoms with van der Waals surface area (Å²) in [7, 11) is -2.59. The molecule has 6 heteroatoms. The molecular weight excluding hydrogens is 402 g/mol. The second-order valence-electron chi connectivity index (χ2n) is 10.3. The fourth-order valence-electron chi connectivity index (χ4n) is 6.65. The third-order valence-corrected chi connectivity index (χ3v) is 12.7. The highest BCUT2D eigenvalue weighted by atomic mass is 35.5. The first-order valence-corrected chi connectivity index (χ1v) is 14.0. The summed E-state index contributed by atoms with van der Waals surface area (Å²) in [5, 5.41) is 20.4. The minimum Gasteiger partial charge on any atom is -0.481 e. The molecular formula is C23H30ClNO3Si. The molecule has 0 radical (unpaired) electrons. The molecule has 0 spiro atoms. The fourth-order valence-corrected chi connectivity index (χ4v) is 9.10. The quantitative estimate of drug-likeness (QED) is 0.301. The second kappa shape index (κ2) is 6.57. The van der Waals surface area contributed by atoms with Crippen LogP contribution in [0.2, 0.25) is 13.1 Å².